The van der Waals surface area contributed by atoms with Crippen LogP contribution >= 0.6 is 11.8 Å². The van der Waals surface area contributed by atoms with Crippen LogP contribution in [0.25, 0.3) is 10.9 Å². The van der Waals surface area contributed by atoms with Crippen LogP contribution in [0.2, 0.25) is 0 Å². The van der Waals surface area contributed by atoms with Crippen molar-refractivity contribution in [3.63, 3.8) is 0 Å². The molecule has 0 bridgehead atoms. The number of hydrogen-bond acceptors (Lipinski definition) is 4. The average Bonchev–Trinajstić information content (AvgIpc) is 2.44. The van der Waals surface area contributed by atoms with Crippen molar-refractivity contribution in [2.45, 2.75) is 23.8 Å². The van der Waals surface area contributed by atoms with Crippen molar-refractivity contribution < 1.29 is 0 Å². The van der Waals surface area contributed by atoms with E-state index in [4.69, 9.17) is 5.73 Å². The minimum atomic E-state index is 0.731. The Morgan fingerprint density at radius 1 is 0.950 bits per heavy atom. The number of nitrogen functional groups attached to an aromatic ring is 1. The number of fused-ring (bicyclic) bond motifs is 1. The molecule has 3 nitrogen and oxygen atoms in total. The van der Waals surface area contributed by atoms with Gasteiger partial charge in [-0.3, -0.25) is 0 Å². The fourth-order valence-corrected chi connectivity index (χ4v) is 2.99. The zero-order valence-electron chi connectivity index (χ0n) is 11.4. The Bertz CT molecular complexity index is 784. The highest BCUT2D eigenvalue weighted by molar-refractivity contribution is 7.99. The lowest BCUT2D eigenvalue weighted by Crippen LogP contribution is -1.90. The molecule has 1 aromatic heterocycles. The molecule has 3 aromatic rings. The molecule has 0 spiro atoms. The maximum atomic E-state index is 5.87. The van der Waals surface area contributed by atoms with Gasteiger partial charge < -0.3 is 5.73 Å². The molecule has 1 heterocycles. The third-order valence-corrected chi connectivity index (χ3v) is 4.32. The molecule has 2 aromatic carbocycles. The first kappa shape index (κ1) is 12.9. The maximum Gasteiger partial charge on any atom is 0.117 e. The number of anilines is 1. The molecule has 2 N–H and O–H groups in total. The average molecular weight is 281 g/mol. The molecule has 0 fully saturated rings. The summed E-state index contributed by atoms with van der Waals surface area (Å²) in [5.41, 5.74) is 10.1. The molecule has 0 saturated heterocycles. The molecular weight excluding hydrogens is 266 g/mol. The van der Waals surface area contributed by atoms with Crippen LogP contribution < -0.4 is 5.73 Å². The fraction of sp³-hybridized carbons (Fsp3) is 0.125. The van der Waals surface area contributed by atoms with Gasteiger partial charge in [0.15, 0.2) is 0 Å². The predicted molar refractivity (Wildman–Crippen MR) is 84.0 cm³/mol. The van der Waals surface area contributed by atoms with E-state index in [2.05, 4.69) is 42.0 Å². The fourth-order valence-electron chi connectivity index (χ4n) is 2.02. The number of aromatic nitrogens is 2. The standard InChI is InChI=1S/C16H15N3S/c1-10-3-5-13(7-11(10)2)20-16-14-8-12(17)4-6-15(14)18-9-19-16/h3-9H,17H2,1-2H3. The highest BCUT2D eigenvalue weighted by atomic mass is 32.2. The lowest BCUT2D eigenvalue weighted by atomic mass is 10.1. The summed E-state index contributed by atoms with van der Waals surface area (Å²) in [4.78, 5) is 9.84. The zero-order valence-corrected chi connectivity index (χ0v) is 12.2. The van der Waals surface area contributed by atoms with Crippen LogP contribution in [-0.4, -0.2) is 9.97 Å². The van der Waals surface area contributed by atoms with Gasteiger partial charge in [-0.2, -0.15) is 0 Å². The molecule has 0 aliphatic heterocycles. The van der Waals surface area contributed by atoms with E-state index in [0.717, 1.165) is 21.6 Å². The topological polar surface area (TPSA) is 51.8 Å². The molecule has 0 saturated carbocycles. The van der Waals surface area contributed by atoms with Crippen LogP contribution in [0, 0.1) is 13.8 Å². The van der Waals surface area contributed by atoms with Gasteiger partial charge in [-0.1, -0.05) is 17.8 Å². The van der Waals surface area contributed by atoms with Gasteiger partial charge in [-0.15, -0.1) is 0 Å². The summed E-state index contributed by atoms with van der Waals surface area (Å²) in [5, 5.41) is 1.93. The van der Waals surface area contributed by atoms with E-state index in [1.54, 1.807) is 18.1 Å². The van der Waals surface area contributed by atoms with Crippen LogP contribution in [0.15, 0.2) is 52.6 Å². The molecular formula is C16H15N3S. The second-order valence-corrected chi connectivity index (χ2v) is 5.87. The van der Waals surface area contributed by atoms with Gasteiger partial charge in [0.05, 0.1) is 5.52 Å². The highest BCUT2D eigenvalue weighted by Gasteiger charge is 2.07. The number of aryl methyl sites for hydroxylation is 2. The Labute approximate surface area is 122 Å². The number of nitrogens with zero attached hydrogens (tertiary/aromatic N) is 2. The van der Waals surface area contributed by atoms with Crippen molar-refractivity contribution in [2.75, 3.05) is 5.73 Å². The van der Waals surface area contributed by atoms with Gasteiger partial charge in [-0.05, 0) is 55.3 Å². The first-order valence-corrected chi connectivity index (χ1v) is 7.20. The third-order valence-electron chi connectivity index (χ3n) is 3.32. The first-order chi connectivity index (χ1) is 9.63. The van der Waals surface area contributed by atoms with Gasteiger partial charge >= 0.3 is 0 Å². The van der Waals surface area contributed by atoms with Crippen molar-refractivity contribution in [3.8, 4) is 0 Å². The first-order valence-electron chi connectivity index (χ1n) is 6.39. The quantitative estimate of drug-likeness (QED) is 0.570. The van der Waals surface area contributed by atoms with Gasteiger partial charge in [0.2, 0.25) is 0 Å². The zero-order chi connectivity index (χ0) is 14.1. The van der Waals surface area contributed by atoms with E-state index < -0.39 is 0 Å². The minimum Gasteiger partial charge on any atom is -0.399 e. The van der Waals surface area contributed by atoms with E-state index in [1.807, 2.05) is 18.2 Å². The predicted octanol–water partition coefficient (Wildman–Crippen LogP) is 3.98. The Kier molecular flexibility index (Phi) is 3.32. The number of benzene rings is 2. The van der Waals surface area contributed by atoms with Crippen LogP contribution in [0.5, 0.6) is 0 Å². The normalized spacial score (nSPS) is 10.9. The Morgan fingerprint density at radius 3 is 2.60 bits per heavy atom. The van der Waals surface area contributed by atoms with Crippen molar-refractivity contribution in [3.05, 3.63) is 53.9 Å². The Morgan fingerprint density at radius 2 is 1.80 bits per heavy atom. The lowest BCUT2D eigenvalue weighted by Gasteiger charge is -2.07. The van der Waals surface area contributed by atoms with E-state index in [9.17, 15) is 0 Å². The third kappa shape index (κ3) is 2.47. The SMILES string of the molecule is Cc1ccc(Sc2ncnc3ccc(N)cc23)cc1C. The molecule has 4 heteroatoms. The highest BCUT2D eigenvalue weighted by Crippen LogP contribution is 2.32. The molecule has 20 heavy (non-hydrogen) atoms. The maximum absolute atomic E-state index is 5.87. The summed E-state index contributed by atoms with van der Waals surface area (Å²) < 4.78 is 0. The molecule has 0 radical (unpaired) electrons. The summed E-state index contributed by atoms with van der Waals surface area (Å²) in [6.07, 6.45) is 1.60. The number of rotatable bonds is 2. The van der Waals surface area contributed by atoms with E-state index >= 15 is 0 Å². The van der Waals surface area contributed by atoms with Gasteiger partial charge in [-0.25, -0.2) is 9.97 Å². The van der Waals surface area contributed by atoms with Crippen LogP contribution in [0.3, 0.4) is 0 Å². The van der Waals surface area contributed by atoms with Crippen molar-refractivity contribution in [1.82, 2.24) is 9.97 Å². The molecule has 3 rings (SSSR count). The van der Waals surface area contributed by atoms with Gasteiger partial charge in [0, 0.05) is 16.0 Å². The molecule has 0 atom stereocenters. The second kappa shape index (κ2) is 5.13. The second-order valence-electron chi connectivity index (χ2n) is 4.80. The smallest absolute Gasteiger partial charge is 0.117 e. The van der Waals surface area contributed by atoms with E-state index in [1.165, 1.54) is 16.0 Å². The Hall–Kier alpha value is -2.07. The van der Waals surface area contributed by atoms with E-state index in [0.29, 0.717) is 0 Å². The molecule has 0 aliphatic carbocycles. The van der Waals surface area contributed by atoms with Gasteiger partial charge in [0.25, 0.3) is 0 Å². The number of hydrogen-bond donors (Lipinski definition) is 1. The molecule has 100 valence electrons. The number of nitrogens with two attached hydrogens (primary N) is 1. The summed E-state index contributed by atoms with van der Waals surface area (Å²) in [5.74, 6) is 0. The van der Waals surface area contributed by atoms with Crippen LogP contribution in [-0.2, 0) is 0 Å². The minimum absolute atomic E-state index is 0.731. The van der Waals surface area contributed by atoms with Crippen molar-refractivity contribution in [1.29, 1.82) is 0 Å². The van der Waals surface area contributed by atoms with Crippen molar-refractivity contribution in [2.24, 2.45) is 0 Å². The van der Waals surface area contributed by atoms with Crippen molar-refractivity contribution >= 4 is 28.4 Å². The molecule has 0 amide bonds. The summed E-state index contributed by atoms with van der Waals surface area (Å²) in [6.45, 7) is 4.24. The van der Waals surface area contributed by atoms with Crippen LogP contribution in [0.1, 0.15) is 11.1 Å². The Balaban J connectivity index is 2.05. The molecule has 0 aliphatic rings. The summed E-state index contributed by atoms with van der Waals surface area (Å²) >= 11 is 1.64. The summed E-state index contributed by atoms with van der Waals surface area (Å²) in [7, 11) is 0. The molecule has 0 unspecified atom stereocenters. The van der Waals surface area contributed by atoms with Gasteiger partial charge in [0.1, 0.15) is 11.4 Å². The van der Waals surface area contributed by atoms with Crippen LogP contribution in [0.4, 0.5) is 5.69 Å². The summed E-state index contributed by atoms with van der Waals surface area (Å²) in [6, 6.07) is 12.2. The largest absolute Gasteiger partial charge is 0.399 e. The monoisotopic (exact) mass is 281 g/mol. The lowest BCUT2D eigenvalue weighted by molar-refractivity contribution is 1.10. The van der Waals surface area contributed by atoms with E-state index in [-0.39, 0.29) is 0 Å².